The minimum atomic E-state index is -0.515. The van der Waals surface area contributed by atoms with Crippen molar-refractivity contribution < 1.29 is 23.8 Å². The Bertz CT molecular complexity index is 1630. The summed E-state index contributed by atoms with van der Waals surface area (Å²) < 4.78 is 18.0. The zero-order chi connectivity index (χ0) is 28.4. The molecule has 5 rings (SSSR count). The van der Waals surface area contributed by atoms with Crippen LogP contribution in [0.4, 0.5) is 5.69 Å². The second kappa shape index (κ2) is 11.3. The van der Waals surface area contributed by atoms with Gasteiger partial charge in [0.1, 0.15) is 23.0 Å². The lowest BCUT2D eigenvalue weighted by molar-refractivity contribution is 0.0478. The van der Waals surface area contributed by atoms with Gasteiger partial charge in [-0.15, -0.1) is 11.3 Å². The lowest BCUT2D eigenvalue weighted by atomic mass is 9.85. The molecule has 3 heterocycles. The van der Waals surface area contributed by atoms with Gasteiger partial charge in [0.2, 0.25) is 0 Å². The van der Waals surface area contributed by atoms with Crippen molar-refractivity contribution >= 4 is 50.5 Å². The first-order chi connectivity index (χ1) is 19.1. The fourth-order valence-corrected chi connectivity index (χ4v) is 6.12. The largest absolute Gasteiger partial charge is 0.496 e. The molecule has 7 nitrogen and oxygen atoms in total. The number of nitrogens with zero attached hydrogens (tertiary/aromatic N) is 1. The number of allylic oxidation sites excluding steroid dienone is 1. The highest BCUT2D eigenvalue weighted by Crippen LogP contribution is 2.43. The number of carbonyl (C=O) groups excluding carboxylic acids is 2. The van der Waals surface area contributed by atoms with Gasteiger partial charge in [0.15, 0.2) is 0 Å². The Morgan fingerprint density at radius 3 is 2.55 bits per heavy atom. The van der Waals surface area contributed by atoms with E-state index in [1.54, 1.807) is 43.6 Å². The molecule has 1 aliphatic heterocycles. The summed E-state index contributed by atoms with van der Waals surface area (Å²) in [6, 6.07) is 16.1. The third-order valence-electron chi connectivity index (χ3n) is 6.43. The molecule has 4 aromatic rings. The first-order valence-corrected chi connectivity index (χ1v) is 14.1. The molecule has 0 amide bonds. The summed E-state index contributed by atoms with van der Waals surface area (Å²) in [5.41, 5.74) is 5.59. The highest BCUT2D eigenvalue weighted by atomic mass is 79.9. The van der Waals surface area contributed by atoms with E-state index in [-0.39, 0.29) is 12.1 Å². The Hall–Kier alpha value is -3.95. The fourth-order valence-electron chi connectivity index (χ4n) is 4.84. The van der Waals surface area contributed by atoms with Crippen LogP contribution in [0.5, 0.6) is 11.5 Å². The number of hydrogen-bond donors (Lipinski definition) is 1. The van der Waals surface area contributed by atoms with Crippen molar-refractivity contribution in [2.45, 2.75) is 32.9 Å². The van der Waals surface area contributed by atoms with E-state index in [0.29, 0.717) is 21.9 Å². The number of fused-ring (bicyclic) bond motifs is 1. The Balaban J connectivity index is 1.53. The topological polar surface area (TPSA) is 86.8 Å². The van der Waals surface area contributed by atoms with Crippen LogP contribution in [0.15, 0.2) is 76.9 Å². The molecular formula is C31H27BrN2O5S. The third-order valence-corrected chi connectivity index (χ3v) is 8.04. The van der Waals surface area contributed by atoms with Crippen molar-refractivity contribution in [3.63, 3.8) is 0 Å². The molecule has 0 bridgehead atoms. The smallest absolute Gasteiger partial charge is 0.348 e. The first-order valence-electron chi connectivity index (χ1n) is 12.5. The zero-order valence-electron chi connectivity index (χ0n) is 22.4. The number of halogens is 1. The minimum Gasteiger partial charge on any atom is -0.496 e. The van der Waals surface area contributed by atoms with Crippen molar-refractivity contribution in [2.24, 2.45) is 0 Å². The van der Waals surface area contributed by atoms with Crippen LogP contribution in [0.2, 0.25) is 0 Å². The number of rotatable bonds is 7. The minimum absolute atomic E-state index is 0.0566. The van der Waals surface area contributed by atoms with E-state index in [1.807, 2.05) is 24.3 Å². The van der Waals surface area contributed by atoms with E-state index in [2.05, 4.69) is 53.1 Å². The maximum absolute atomic E-state index is 12.9. The van der Waals surface area contributed by atoms with Crippen molar-refractivity contribution in [1.82, 2.24) is 4.98 Å². The highest BCUT2D eigenvalue weighted by Gasteiger charge is 2.27. The summed E-state index contributed by atoms with van der Waals surface area (Å²) in [6.07, 6.45) is 5.21. The molecule has 204 valence electrons. The maximum atomic E-state index is 12.9. The van der Waals surface area contributed by atoms with Crippen molar-refractivity contribution in [2.75, 3.05) is 12.4 Å². The van der Waals surface area contributed by atoms with Crippen LogP contribution in [0.1, 0.15) is 51.9 Å². The van der Waals surface area contributed by atoms with Gasteiger partial charge in [-0.25, -0.2) is 9.59 Å². The number of anilines is 1. The van der Waals surface area contributed by atoms with Gasteiger partial charge in [0.25, 0.3) is 0 Å². The molecule has 2 aromatic heterocycles. The maximum Gasteiger partial charge on any atom is 0.348 e. The number of ether oxygens (including phenoxy) is 3. The monoisotopic (exact) mass is 618 g/mol. The molecule has 0 fully saturated rings. The van der Waals surface area contributed by atoms with E-state index in [0.717, 1.165) is 37.3 Å². The number of hydrogen-bond acceptors (Lipinski definition) is 8. The molecule has 0 spiro atoms. The third kappa shape index (κ3) is 5.80. The van der Waals surface area contributed by atoms with Gasteiger partial charge < -0.3 is 19.5 Å². The Kier molecular flexibility index (Phi) is 7.78. The molecular weight excluding hydrogens is 592 g/mol. The molecule has 9 heteroatoms. The predicted octanol–water partition coefficient (Wildman–Crippen LogP) is 7.76. The van der Waals surface area contributed by atoms with Crippen LogP contribution < -0.4 is 14.8 Å². The molecule has 0 saturated heterocycles. The Morgan fingerprint density at radius 2 is 1.85 bits per heavy atom. The van der Waals surface area contributed by atoms with Crippen molar-refractivity contribution in [3.05, 3.63) is 98.4 Å². The number of carbonyl (C=O) groups is 2. The van der Waals surface area contributed by atoms with Crippen LogP contribution in [0.25, 0.3) is 16.7 Å². The molecule has 2 aromatic carbocycles. The number of thiophene rings is 1. The van der Waals surface area contributed by atoms with Gasteiger partial charge >= 0.3 is 11.9 Å². The second-order valence-corrected chi connectivity index (χ2v) is 12.3. The summed E-state index contributed by atoms with van der Waals surface area (Å²) >= 11 is 4.73. The van der Waals surface area contributed by atoms with E-state index < -0.39 is 11.9 Å². The summed E-state index contributed by atoms with van der Waals surface area (Å²) in [4.78, 5) is 29.9. The van der Waals surface area contributed by atoms with Crippen LogP contribution in [0, 0.1) is 0 Å². The molecule has 0 atom stereocenters. The number of aromatic nitrogens is 1. The van der Waals surface area contributed by atoms with Crippen LogP contribution >= 0.6 is 27.3 Å². The average Bonchev–Trinajstić information content (AvgIpc) is 3.37. The fraction of sp³-hybridized carbons (Fsp3) is 0.194. The van der Waals surface area contributed by atoms with Crippen LogP contribution in [0.3, 0.4) is 0 Å². The molecule has 40 heavy (non-hydrogen) atoms. The van der Waals surface area contributed by atoms with Crippen molar-refractivity contribution in [3.8, 4) is 22.6 Å². The quantitative estimate of drug-likeness (QED) is 0.167. The first kappa shape index (κ1) is 27.6. The number of esters is 2. The standard InChI is InChI=1S/C31H27BrN2O5S/c1-18-15-31(2,3)34-24-10-9-21(23(28(18)24)17-38-30(36)26-11-12-27(32)40-26)22-8-7-20(14-25(22)37-4)39-29(35)19-6-5-13-33-16-19/h5-16,34H,17H2,1-4H3. The van der Waals surface area contributed by atoms with E-state index in [9.17, 15) is 9.59 Å². The number of benzene rings is 2. The molecule has 1 aliphatic rings. The average molecular weight is 620 g/mol. The van der Waals surface area contributed by atoms with Crippen molar-refractivity contribution in [1.29, 1.82) is 0 Å². The molecule has 0 unspecified atom stereocenters. The lowest BCUT2D eigenvalue weighted by Crippen LogP contribution is -2.32. The van der Waals surface area contributed by atoms with Gasteiger partial charge in [-0.05, 0) is 90.3 Å². The molecule has 0 radical (unpaired) electrons. The Morgan fingerprint density at radius 1 is 1.05 bits per heavy atom. The highest BCUT2D eigenvalue weighted by molar-refractivity contribution is 9.11. The van der Waals surface area contributed by atoms with Gasteiger partial charge in [0, 0.05) is 40.8 Å². The van der Waals surface area contributed by atoms with E-state index in [4.69, 9.17) is 14.2 Å². The molecule has 0 saturated carbocycles. The number of nitrogens with one attached hydrogen (secondary N) is 1. The second-order valence-electron chi connectivity index (χ2n) is 9.86. The van der Waals surface area contributed by atoms with Gasteiger partial charge in [0.05, 0.1) is 22.0 Å². The predicted molar refractivity (Wildman–Crippen MR) is 160 cm³/mol. The van der Waals surface area contributed by atoms with Crippen LogP contribution in [-0.4, -0.2) is 29.6 Å². The summed E-state index contributed by atoms with van der Waals surface area (Å²) in [5.74, 6) is -0.0614. The summed E-state index contributed by atoms with van der Waals surface area (Å²) in [6.45, 7) is 6.33. The summed E-state index contributed by atoms with van der Waals surface area (Å²) in [5, 5.41) is 3.57. The number of methoxy groups -OCH3 is 1. The number of pyridine rings is 1. The Labute approximate surface area is 244 Å². The zero-order valence-corrected chi connectivity index (χ0v) is 24.8. The van der Waals surface area contributed by atoms with Gasteiger partial charge in [-0.2, -0.15) is 0 Å². The molecule has 1 N–H and O–H groups in total. The lowest BCUT2D eigenvalue weighted by Gasteiger charge is -2.33. The van der Waals surface area contributed by atoms with E-state index in [1.165, 1.54) is 17.5 Å². The van der Waals surface area contributed by atoms with Gasteiger partial charge in [-0.3, -0.25) is 4.98 Å². The molecule has 0 aliphatic carbocycles. The van der Waals surface area contributed by atoms with Gasteiger partial charge in [-0.1, -0.05) is 12.1 Å². The summed E-state index contributed by atoms with van der Waals surface area (Å²) in [7, 11) is 1.56. The normalized spacial score (nSPS) is 13.5. The van der Waals surface area contributed by atoms with Crippen LogP contribution in [-0.2, 0) is 11.3 Å². The van der Waals surface area contributed by atoms with E-state index >= 15 is 0 Å². The SMILES string of the molecule is COc1cc(OC(=O)c2cccnc2)ccc1-c1ccc2c(c1COC(=O)c1ccc(Br)s1)C(C)=CC(C)(C)N2.